The highest BCUT2D eigenvalue weighted by molar-refractivity contribution is 5.86. The highest BCUT2D eigenvalue weighted by atomic mass is 14.7. The molecule has 3 rings (SSSR count). The molecule has 0 atom stereocenters. The molecule has 0 spiro atoms. The second-order valence-corrected chi connectivity index (χ2v) is 7.28. The standard InChI is InChI=1S/C21H25N/c1-15-10-11-17(12-19(15)16-8-6-5-7-9-16)20-13-18(14-22-20)21(2,3)4/h5-9,12-14,22H,10-11H2,1-4H3. The topological polar surface area (TPSA) is 15.8 Å². The minimum Gasteiger partial charge on any atom is -0.361 e. The maximum absolute atomic E-state index is 3.48. The Balaban J connectivity index is 1.97. The van der Waals surface area contributed by atoms with Gasteiger partial charge >= 0.3 is 0 Å². The Labute approximate surface area is 133 Å². The normalized spacial score (nSPS) is 15.9. The van der Waals surface area contributed by atoms with Gasteiger partial charge < -0.3 is 4.98 Å². The first-order valence-corrected chi connectivity index (χ1v) is 8.10. The van der Waals surface area contributed by atoms with Crippen LogP contribution in [0.3, 0.4) is 0 Å². The summed E-state index contributed by atoms with van der Waals surface area (Å²) in [6, 6.07) is 13.0. The molecule has 0 unspecified atom stereocenters. The van der Waals surface area contributed by atoms with Crippen LogP contribution in [0.1, 0.15) is 57.4 Å². The lowest BCUT2D eigenvalue weighted by atomic mass is 9.86. The second kappa shape index (κ2) is 5.64. The molecule has 1 heterocycles. The fourth-order valence-corrected chi connectivity index (χ4v) is 3.00. The van der Waals surface area contributed by atoms with E-state index in [-0.39, 0.29) is 5.41 Å². The Bertz CT molecular complexity index is 721. The van der Waals surface area contributed by atoms with Crippen LogP contribution in [0.5, 0.6) is 0 Å². The van der Waals surface area contributed by atoms with Crippen molar-refractivity contribution in [2.75, 3.05) is 0 Å². The van der Waals surface area contributed by atoms with Crippen molar-refractivity contribution in [3.05, 3.63) is 71.1 Å². The molecule has 0 amide bonds. The first kappa shape index (κ1) is 14.9. The molecule has 1 aliphatic rings. The van der Waals surface area contributed by atoms with Gasteiger partial charge in [0, 0.05) is 11.9 Å². The predicted molar refractivity (Wildman–Crippen MR) is 95.7 cm³/mol. The summed E-state index contributed by atoms with van der Waals surface area (Å²) in [6.45, 7) is 9.03. The summed E-state index contributed by atoms with van der Waals surface area (Å²) in [6.07, 6.45) is 6.78. The number of aromatic amines is 1. The van der Waals surface area contributed by atoms with Crippen LogP contribution in [-0.4, -0.2) is 4.98 Å². The molecule has 1 aliphatic carbocycles. The molecule has 2 aromatic rings. The van der Waals surface area contributed by atoms with Crippen molar-refractivity contribution in [2.45, 2.75) is 46.0 Å². The molecule has 0 saturated heterocycles. The Kier molecular flexibility index (Phi) is 3.82. The highest BCUT2D eigenvalue weighted by Crippen LogP contribution is 2.35. The highest BCUT2D eigenvalue weighted by Gasteiger charge is 2.18. The fourth-order valence-electron chi connectivity index (χ4n) is 3.00. The molecule has 0 radical (unpaired) electrons. The lowest BCUT2D eigenvalue weighted by Gasteiger charge is -2.18. The van der Waals surface area contributed by atoms with E-state index < -0.39 is 0 Å². The van der Waals surface area contributed by atoms with Crippen LogP contribution in [0.15, 0.2) is 54.2 Å². The molecule has 1 aromatic carbocycles. The van der Waals surface area contributed by atoms with Crippen molar-refractivity contribution in [3.63, 3.8) is 0 Å². The second-order valence-electron chi connectivity index (χ2n) is 7.28. The van der Waals surface area contributed by atoms with Gasteiger partial charge in [0.2, 0.25) is 0 Å². The number of allylic oxidation sites excluding steroid dienone is 4. The minimum absolute atomic E-state index is 0.192. The Hall–Kier alpha value is -2.02. The zero-order valence-electron chi connectivity index (χ0n) is 14.0. The van der Waals surface area contributed by atoms with E-state index in [1.807, 2.05) is 0 Å². The zero-order valence-corrected chi connectivity index (χ0v) is 14.0. The van der Waals surface area contributed by atoms with Gasteiger partial charge in [0.1, 0.15) is 0 Å². The van der Waals surface area contributed by atoms with Crippen LogP contribution >= 0.6 is 0 Å². The fraction of sp³-hybridized carbons (Fsp3) is 0.333. The van der Waals surface area contributed by atoms with Gasteiger partial charge in [0.05, 0.1) is 0 Å². The summed E-state index contributed by atoms with van der Waals surface area (Å²) in [4.78, 5) is 3.48. The van der Waals surface area contributed by atoms with E-state index in [9.17, 15) is 0 Å². The van der Waals surface area contributed by atoms with E-state index in [1.165, 1.54) is 33.5 Å². The number of H-pyrrole nitrogens is 1. The Morgan fingerprint density at radius 1 is 1.00 bits per heavy atom. The third-order valence-corrected chi connectivity index (χ3v) is 4.53. The van der Waals surface area contributed by atoms with E-state index >= 15 is 0 Å². The van der Waals surface area contributed by atoms with E-state index in [1.54, 1.807) is 0 Å². The molecule has 1 N–H and O–H groups in total. The van der Waals surface area contributed by atoms with Crippen LogP contribution in [0.25, 0.3) is 11.1 Å². The molecule has 1 heteroatoms. The zero-order chi connectivity index (χ0) is 15.7. The molecule has 0 aliphatic heterocycles. The van der Waals surface area contributed by atoms with Crippen molar-refractivity contribution in [1.82, 2.24) is 4.98 Å². The van der Waals surface area contributed by atoms with Crippen molar-refractivity contribution in [2.24, 2.45) is 0 Å². The van der Waals surface area contributed by atoms with E-state index in [0.717, 1.165) is 12.8 Å². The molecular weight excluding hydrogens is 266 g/mol. The van der Waals surface area contributed by atoms with Crippen LogP contribution in [-0.2, 0) is 5.41 Å². The third kappa shape index (κ3) is 2.94. The molecule has 1 aromatic heterocycles. The molecule has 22 heavy (non-hydrogen) atoms. The van der Waals surface area contributed by atoms with Gasteiger partial charge in [-0.1, -0.05) is 56.7 Å². The van der Waals surface area contributed by atoms with Gasteiger partial charge in [-0.15, -0.1) is 0 Å². The number of aromatic nitrogens is 1. The number of nitrogens with one attached hydrogen (secondary N) is 1. The van der Waals surface area contributed by atoms with Crippen LogP contribution < -0.4 is 0 Å². The summed E-state index contributed by atoms with van der Waals surface area (Å²) in [5.74, 6) is 0. The first-order valence-electron chi connectivity index (χ1n) is 8.10. The number of hydrogen-bond acceptors (Lipinski definition) is 0. The van der Waals surface area contributed by atoms with Gasteiger partial charge in [-0.3, -0.25) is 0 Å². The summed E-state index contributed by atoms with van der Waals surface area (Å²) in [7, 11) is 0. The van der Waals surface area contributed by atoms with E-state index in [4.69, 9.17) is 0 Å². The number of hydrogen-bond donors (Lipinski definition) is 1. The molecule has 0 saturated carbocycles. The van der Waals surface area contributed by atoms with E-state index in [2.05, 4.69) is 81.3 Å². The maximum atomic E-state index is 3.48. The van der Waals surface area contributed by atoms with Gasteiger partial charge in [0.15, 0.2) is 0 Å². The van der Waals surface area contributed by atoms with Crippen molar-refractivity contribution >= 4 is 11.1 Å². The smallest absolute Gasteiger partial charge is 0.0416 e. The minimum atomic E-state index is 0.192. The lowest BCUT2D eigenvalue weighted by Crippen LogP contribution is -2.09. The van der Waals surface area contributed by atoms with Crippen LogP contribution in [0, 0.1) is 0 Å². The monoisotopic (exact) mass is 291 g/mol. The number of rotatable bonds is 2. The summed E-state index contributed by atoms with van der Waals surface area (Å²) < 4.78 is 0. The molecular formula is C21H25N. The third-order valence-electron chi connectivity index (χ3n) is 4.53. The van der Waals surface area contributed by atoms with Crippen LogP contribution in [0.4, 0.5) is 0 Å². The van der Waals surface area contributed by atoms with Gasteiger partial charge in [-0.05, 0) is 59.6 Å². The van der Waals surface area contributed by atoms with Gasteiger partial charge in [0.25, 0.3) is 0 Å². The SMILES string of the molecule is CC1=C(c2ccccc2)C=C(c2cc(C(C)(C)C)c[nH]2)CC1. The Morgan fingerprint density at radius 2 is 1.73 bits per heavy atom. The molecule has 0 bridgehead atoms. The molecule has 0 fully saturated rings. The van der Waals surface area contributed by atoms with Gasteiger partial charge in [-0.25, -0.2) is 0 Å². The lowest BCUT2D eigenvalue weighted by molar-refractivity contribution is 0.591. The summed E-state index contributed by atoms with van der Waals surface area (Å²) in [5, 5.41) is 0. The van der Waals surface area contributed by atoms with Crippen molar-refractivity contribution in [3.8, 4) is 0 Å². The molecule has 1 nitrogen and oxygen atoms in total. The largest absolute Gasteiger partial charge is 0.361 e. The Morgan fingerprint density at radius 3 is 2.36 bits per heavy atom. The molecule has 114 valence electrons. The summed E-state index contributed by atoms with van der Waals surface area (Å²) in [5.41, 5.74) is 8.44. The maximum Gasteiger partial charge on any atom is 0.0416 e. The average molecular weight is 291 g/mol. The summed E-state index contributed by atoms with van der Waals surface area (Å²) >= 11 is 0. The quantitative estimate of drug-likeness (QED) is 0.702. The van der Waals surface area contributed by atoms with Crippen molar-refractivity contribution < 1.29 is 0 Å². The number of benzene rings is 1. The average Bonchev–Trinajstić information content (AvgIpc) is 2.99. The van der Waals surface area contributed by atoms with Crippen molar-refractivity contribution in [1.29, 1.82) is 0 Å². The first-order chi connectivity index (χ1) is 10.4. The predicted octanol–water partition coefficient (Wildman–Crippen LogP) is 5.96. The van der Waals surface area contributed by atoms with E-state index in [0.29, 0.717) is 0 Å². The van der Waals surface area contributed by atoms with Crippen LogP contribution in [0.2, 0.25) is 0 Å². The van der Waals surface area contributed by atoms with Gasteiger partial charge in [-0.2, -0.15) is 0 Å².